The van der Waals surface area contributed by atoms with E-state index in [1.54, 1.807) is 0 Å². The van der Waals surface area contributed by atoms with Crippen molar-refractivity contribution in [3.63, 3.8) is 0 Å². The van der Waals surface area contributed by atoms with Gasteiger partial charge in [0, 0.05) is 0 Å². The van der Waals surface area contributed by atoms with E-state index in [0.29, 0.717) is 0 Å². The van der Waals surface area contributed by atoms with Crippen molar-refractivity contribution in [2.24, 2.45) is 0 Å². The van der Waals surface area contributed by atoms with Gasteiger partial charge in [0.25, 0.3) is 0 Å². The molecule has 46 valence electrons. The van der Waals surface area contributed by atoms with Crippen LogP contribution in [0, 0.1) is 0 Å². The van der Waals surface area contributed by atoms with Crippen LogP contribution in [-0.4, -0.2) is 10.3 Å². The molecule has 0 bridgehead atoms. The van der Waals surface area contributed by atoms with Gasteiger partial charge >= 0.3 is 0 Å². The average molecular weight is 151 g/mol. The summed E-state index contributed by atoms with van der Waals surface area (Å²) >= 11 is 11.6. The molecule has 0 saturated carbocycles. The fourth-order valence-electron chi connectivity index (χ4n) is 0.660. The maximum absolute atomic E-state index is 5.91. The largest absolute Gasteiger partial charge is 0.116 e. The van der Waals surface area contributed by atoms with Gasteiger partial charge in [0.15, 0.2) is 0 Å². The van der Waals surface area contributed by atoms with Gasteiger partial charge in [-0.2, -0.15) is 0 Å². The summed E-state index contributed by atoms with van der Waals surface area (Å²) in [6.45, 7) is 3.92. The van der Waals surface area contributed by atoms with Crippen LogP contribution in [0.5, 0.6) is 0 Å². The van der Waals surface area contributed by atoms with Crippen LogP contribution >= 0.6 is 23.2 Å². The summed E-state index contributed by atoms with van der Waals surface area (Å²) in [6.07, 6.45) is 1.97. The highest BCUT2D eigenvalue weighted by Gasteiger charge is 2.38. The lowest BCUT2D eigenvalue weighted by Crippen LogP contribution is -2.37. The van der Waals surface area contributed by atoms with E-state index >= 15 is 0 Å². The molecule has 0 heterocycles. The van der Waals surface area contributed by atoms with Gasteiger partial charge in [-0.3, -0.25) is 0 Å². The highest BCUT2D eigenvalue weighted by atomic mass is 35.5. The molecule has 1 aliphatic rings. The first kappa shape index (κ1) is 6.44. The molecule has 1 aliphatic carbocycles. The van der Waals surface area contributed by atoms with Crippen molar-refractivity contribution in [1.82, 2.24) is 0 Å². The lowest BCUT2D eigenvalue weighted by Gasteiger charge is -2.35. The van der Waals surface area contributed by atoms with E-state index in [9.17, 15) is 0 Å². The molecule has 0 aromatic carbocycles. The molecule has 0 aliphatic heterocycles. The first-order valence-corrected chi connectivity index (χ1v) is 3.38. The fourth-order valence-corrected chi connectivity index (χ4v) is 1.15. The summed E-state index contributed by atoms with van der Waals surface area (Å²) < 4.78 is 0. The van der Waals surface area contributed by atoms with Crippen molar-refractivity contribution in [1.29, 1.82) is 0 Å². The second kappa shape index (κ2) is 1.65. The maximum Gasteiger partial charge on any atom is 0.0823 e. The Morgan fingerprint density at radius 2 is 2.25 bits per heavy atom. The molecule has 1 rings (SSSR count). The minimum absolute atomic E-state index is 0.0316. The predicted molar refractivity (Wildman–Crippen MR) is 37.7 cm³/mol. The molecule has 0 unspecified atom stereocenters. The van der Waals surface area contributed by atoms with E-state index in [2.05, 4.69) is 0 Å². The SMILES string of the molecule is CC1=C[C@H](Cl)[C@@]1(C)Cl. The summed E-state index contributed by atoms with van der Waals surface area (Å²) in [5, 5.41) is 0.0316. The van der Waals surface area contributed by atoms with Crippen LogP contribution in [0.15, 0.2) is 11.6 Å². The lowest BCUT2D eigenvalue weighted by molar-refractivity contribution is 0.676. The van der Waals surface area contributed by atoms with Crippen molar-refractivity contribution in [2.45, 2.75) is 24.1 Å². The molecule has 0 radical (unpaired) electrons. The molecule has 0 spiro atoms. The minimum atomic E-state index is -0.262. The minimum Gasteiger partial charge on any atom is -0.116 e. The first-order chi connectivity index (χ1) is 3.55. The molecule has 8 heavy (non-hydrogen) atoms. The molecular weight excluding hydrogens is 143 g/mol. The Balaban J connectivity index is 2.77. The predicted octanol–water partition coefficient (Wildman–Crippen LogP) is 2.55. The lowest BCUT2D eigenvalue weighted by atomic mass is 9.86. The average Bonchev–Trinajstić information content (AvgIpc) is 1.68. The fraction of sp³-hybridized carbons (Fsp3) is 0.667. The Morgan fingerprint density at radius 3 is 2.25 bits per heavy atom. The number of rotatable bonds is 0. The third-order valence-corrected chi connectivity index (χ3v) is 2.89. The van der Waals surface area contributed by atoms with E-state index in [4.69, 9.17) is 23.2 Å². The molecule has 0 amide bonds. The molecule has 0 aromatic heterocycles. The summed E-state index contributed by atoms with van der Waals surface area (Å²) in [5.41, 5.74) is 1.18. The zero-order valence-electron chi connectivity index (χ0n) is 4.91. The zero-order valence-corrected chi connectivity index (χ0v) is 6.42. The molecule has 0 nitrogen and oxygen atoms in total. The van der Waals surface area contributed by atoms with Crippen molar-refractivity contribution in [3.8, 4) is 0 Å². The van der Waals surface area contributed by atoms with E-state index < -0.39 is 0 Å². The van der Waals surface area contributed by atoms with Gasteiger partial charge in [-0.25, -0.2) is 0 Å². The summed E-state index contributed by atoms with van der Waals surface area (Å²) in [5.74, 6) is 0. The highest BCUT2D eigenvalue weighted by molar-refractivity contribution is 6.36. The quantitative estimate of drug-likeness (QED) is 0.368. The van der Waals surface area contributed by atoms with Crippen LogP contribution in [0.1, 0.15) is 13.8 Å². The summed E-state index contributed by atoms with van der Waals surface area (Å²) in [6, 6.07) is 0. The van der Waals surface area contributed by atoms with Crippen LogP contribution < -0.4 is 0 Å². The van der Waals surface area contributed by atoms with Crippen molar-refractivity contribution in [2.75, 3.05) is 0 Å². The van der Waals surface area contributed by atoms with Gasteiger partial charge in [-0.05, 0) is 13.8 Å². The van der Waals surface area contributed by atoms with Gasteiger partial charge in [-0.1, -0.05) is 11.6 Å². The maximum atomic E-state index is 5.91. The van der Waals surface area contributed by atoms with Crippen LogP contribution in [0.4, 0.5) is 0 Å². The van der Waals surface area contributed by atoms with E-state index in [-0.39, 0.29) is 10.3 Å². The van der Waals surface area contributed by atoms with E-state index in [0.717, 1.165) is 0 Å². The number of hydrogen-bond donors (Lipinski definition) is 0. The first-order valence-electron chi connectivity index (χ1n) is 2.57. The van der Waals surface area contributed by atoms with Crippen LogP contribution in [0.25, 0.3) is 0 Å². The van der Waals surface area contributed by atoms with Crippen molar-refractivity contribution in [3.05, 3.63) is 11.6 Å². The van der Waals surface area contributed by atoms with E-state index in [1.165, 1.54) is 5.57 Å². The van der Waals surface area contributed by atoms with Gasteiger partial charge in [0.1, 0.15) is 0 Å². The molecular formula is C6H8Cl2. The van der Waals surface area contributed by atoms with E-state index in [1.807, 2.05) is 19.9 Å². The smallest absolute Gasteiger partial charge is 0.0823 e. The number of allylic oxidation sites excluding steroid dienone is 2. The topological polar surface area (TPSA) is 0 Å². The van der Waals surface area contributed by atoms with Crippen LogP contribution in [0.3, 0.4) is 0 Å². The Hall–Kier alpha value is 0.320. The van der Waals surface area contributed by atoms with Gasteiger partial charge < -0.3 is 0 Å². The van der Waals surface area contributed by atoms with Gasteiger partial charge in [0.2, 0.25) is 0 Å². The molecule has 0 fully saturated rings. The summed E-state index contributed by atoms with van der Waals surface area (Å²) in [7, 11) is 0. The molecule has 0 saturated heterocycles. The Kier molecular flexibility index (Phi) is 1.33. The Morgan fingerprint density at radius 1 is 1.75 bits per heavy atom. The van der Waals surface area contributed by atoms with Crippen molar-refractivity contribution < 1.29 is 0 Å². The van der Waals surface area contributed by atoms with Gasteiger partial charge in [0.05, 0.1) is 10.3 Å². The monoisotopic (exact) mass is 150 g/mol. The van der Waals surface area contributed by atoms with Crippen LogP contribution in [0.2, 0.25) is 0 Å². The molecule has 0 N–H and O–H groups in total. The molecule has 2 atom stereocenters. The third-order valence-electron chi connectivity index (χ3n) is 1.69. The summed E-state index contributed by atoms with van der Waals surface area (Å²) in [4.78, 5) is -0.262. The molecule has 0 aromatic rings. The molecule has 2 heteroatoms. The standard InChI is InChI=1S/C6H8Cl2/c1-4-3-5(7)6(4,2)8/h3,5H,1-2H3/t5-,6-/m0/s1. The van der Waals surface area contributed by atoms with Crippen molar-refractivity contribution >= 4 is 23.2 Å². The number of alkyl halides is 2. The normalized spacial score (nSPS) is 45.5. The number of halogens is 2. The van der Waals surface area contributed by atoms with Crippen LogP contribution in [-0.2, 0) is 0 Å². The third kappa shape index (κ3) is 0.672. The number of hydrogen-bond acceptors (Lipinski definition) is 0. The second-order valence-electron chi connectivity index (χ2n) is 2.33. The Bertz CT molecular complexity index is 135. The Labute approximate surface area is 59.5 Å². The second-order valence-corrected chi connectivity index (χ2v) is 3.58. The zero-order chi connectivity index (χ0) is 6.36. The van der Waals surface area contributed by atoms with Gasteiger partial charge in [-0.15, -0.1) is 23.2 Å². The highest BCUT2D eigenvalue weighted by Crippen LogP contribution is 2.41.